The van der Waals surface area contributed by atoms with Crippen molar-refractivity contribution in [3.05, 3.63) is 11.3 Å². The number of rotatable bonds is 1. The molecular formula is C5H5ClN2O. The number of nitrogens with zero attached hydrogens (tertiary/aromatic N) is 1. The standard InChI is InChI=1S/C5H5ClN2O/c1-3(9)4(2-7)5(6)8/h8-9H,1H3/b4-3+,8-5?. The third-order valence-electron chi connectivity index (χ3n) is 0.693. The highest BCUT2D eigenvalue weighted by Crippen LogP contribution is 2.03. The van der Waals surface area contributed by atoms with Gasteiger partial charge in [0.05, 0.1) is 0 Å². The monoisotopic (exact) mass is 144 g/mol. The van der Waals surface area contributed by atoms with Gasteiger partial charge in [0, 0.05) is 0 Å². The summed E-state index contributed by atoms with van der Waals surface area (Å²) in [7, 11) is 0. The van der Waals surface area contributed by atoms with Crippen LogP contribution in [0.25, 0.3) is 0 Å². The predicted molar refractivity (Wildman–Crippen MR) is 34.5 cm³/mol. The average Bonchev–Trinajstić information content (AvgIpc) is 1.64. The van der Waals surface area contributed by atoms with Gasteiger partial charge in [0.1, 0.15) is 22.6 Å². The molecule has 0 rings (SSSR count). The Hall–Kier alpha value is -1.01. The molecule has 0 aliphatic carbocycles. The molecular weight excluding hydrogens is 140 g/mol. The molecule has 0 aromatic heterocycles. The summed E-state index contributed by atoms with van der Waals surface area (Å²) < 4.78 is 0. The van der Waals surface area contributed by atoms with E-state index in [0.29, 0.717) is 0 Å². The van der Waals surface area contributed by atoms with Gasteiger partial charge in [-0.05, 0) is 6.92 Å². The fourth-order valence-corrected chi connectivity index (χ4v) is 0.468. The quantitative estimate of drug-likeness (QED) is 0.333. The molecule has 48 valence electrons. The van der Waals surface area contributed by atoms with Gasteiger partial charge in [0.15, 0.2) is 0 Å². The van der Waals surface area contributed by atoms with Crippen LogP contribution in [0.4, 0.5) is 0 Å². The van der Waals surface area contributed by atoms with Crippen molar-refractivity contribution in [1.82, 2.24) is 0 Å². The van der Waals surface area contributed by atoms with E-state index in [-0.39, 0.29) is 11.3 Å². The fourth-order valence-electron chi connectivity index (χ4n) is 0.289. The highest BCUT2D eigenvalue weighted by molar-refractivity contribution is 6.69. The Labute approximate surface area is 57.7 Å². The van der Waals surface area contributed by atoms with Crippen LogP contribution in [0, 0.1) is 16.7 Å². The summed E-state index contributed by atoms with van der Waals surface area (Å²) >= 11 is 5.08. The Morgan fingerprint density at radius 2 is 2.22 bits per heavy atom. The Morgan fingerprint density at radius 3 is 2.22 bits per heavy atom. The second-order valence-electron chi connectivity index (χ2n) is 1.39. The van der Waals surface area contributed by atoms with Crippen molar-refractivity contribution in [2.24, 2.45) is 0 Å². The van der Waals surface area contributed by atoms with Crippen molar-refractivity contribution in [3.8, 4) is 6.07 Å². The van der Waals surface area contributed by atoms with Crippen LogP contribution in [0.2, 0.25) is 0 Å². The first-order valence-corrected chi connectivity index (χ1v) is 2.51. The van der Waals surface area contributed by atoms with E-state index < -0.39 is 5.17 Å². The average molecular weight is 145 g/mol. The predicted octanol–water partition coefficient (Wildman–Crippen LogP) is 1.56. The highest BCUT2D eigenvalue weighted by atomic mass is 35.5. The van der Waals surface area contributed by atoms with E-state index >= 15 is 0 Å². The fraction of sp³-hybridized carbons (Fsp3) is 0.200. The van der Waals surface area contributed by atoms with Crippen LogP contribution in [-0.4, -0.2) is 10.3 Å². The minimum atomic E-state index is -0.433. The number of nitriles is 1. The number of nitrogens with one attached hydrogen (secondary N) is 1. The van der Waals surface area contributed by atoms with Crippen molar-refractivity contribution in [3.63, 3.8) is 0 Å². The lowest BCUT2D eigenvalue weighted by molar-refractivity contribution is 0.412. The van der Waals surface area contributed by atoms with Gasteiger partial charge in [-0.2, -0.15) is 5.26 Å². The molecule has 0 radical (unpaired) electrons. The van der Waals surface area contributed by atoms with Gasteiger partial charge in [-0.15, -0.1) is 0 Å². The van der Waals surface area contributed by atoms with Crippen LogP contribution >= 0.6 is 11.6 Å². The SMILES string of the molecule is C/C(O)=C(/C#N)C(=N)Cl. The van der Waals surface area contributed by atoms with Crippen LogP contribution in [0.1, 0.15) is 6.92 Å². The number of hydrogen-bond acceptors (Lipinski definition) is 3. The van der Waals surface area contributed by atoms with Crippen LogP contribution in [0.3, 0.4) is 0 Å². The first-order chi connectivity index (χ1) is 4.09. The summed E-state index contributed by atoms with van der Waals surface area (Å²) in [5.41, 5.74) is -0.184. The van der Waals surface area contributed by atoms with Crippen LogP contribution in [0.15, 0.2) is 11.3 Å². The summed E-state index contributed by atoms with van der Waals surface area (Å²) in [5, 5.41) is 23.1. The van der Waals surface area contributed by atoms with Crippen LogP contribution in [-0.2, 0) is 0 Å². The molecule has 4 heteroatoms. The minimum absolute atomic E-state index is 0.184. The normalized spacial score (nSPS) is 11.7. The summed E-state index contributed by atoms with van der Waals surface area (Å²) in [4.78, 5) is 0. The Morgan fingerprint density at radius 1 is 1.78 bits per heavy atom. The van der Waals surface area contributed by atoms with E-state index in [9.17, 15) is 0 Å². The third-order valence-corrected chi connectivity index (χ3v) is 0.882. The van der Waals surface area contributed by atoms with E-state index in [1.54, 1.807) is 6.07 Å². The molecule has 3 nitrogen and oxygen atoms in total. The zero-order valence-corrected chi connectivity index (χ0v) is 5.53. The molecule has 0 aromatic rings. The van der Waals surface area contributed by atoms with Gasteiger partial charge in [0.2, 0.25) is 0 Å². The lowest BCUT2D eigenvalue weighted by atomic mass is 10.3. The van der Waals surface area contributed by atoms with Crippen LogP contribution < -0.4 is 0 Å². The molecule has 0 bridgehead atoms. The number of aliphatic hydroxyl groups is 1. The Bertz CT molecular complexity index is 197. The smallest absolute Gasteiger partial charge is 0.142 e. The molecule has 0 aliphatic rings. The Balaban J connectivity index is 4.62. The van der Waals surface area contributed by atoms with E-state index in [1.165, 1.54) is 6.92 Å². The van der Waals surface area contributed by atoms with Crippen molar-refractivity contribution in [2.45, 2.75) is 6.92 Å². The van der Waals surface area contributed by atoms with E-state index in [2.05, 4.69) is 0 Å². The van der Waals surface area contributed by atoms with Gasteiger partial charge >= 0.3 is 0 Å². The minimum Gasteiger partial charge on any atom is -0.511 e. The topological polar surface area (TPSA) is 67.9 Å². The summed E-state index contributed by atoms with van der Waals surface area (Å²) in [5.74, 6) is -0.225. The molecule has 0 aliphatic heterocycles. The van der Waals surface area contributed by atoms with Crippen molar-refractivity contribution in [1.29, 1.82) is 10.7 Å². The molecule has 0 heterocycles. The van der Waals surface area contributed by atoms with Crippen molar-refractivity contribution in [2.75, 3.05) is 0 Å². The largest absolute Gasteiger partial charge is 0.511 e. The van der Waals surface area contributed by atoms with E-state index in [0.717, 1.165) is 0 Å². The summed E-state index contributed by atoms with van der Waals surface area (Å²) in [6, 6.07) is 1.57. The molecule has 0 amide bonds. The summed E-state index contributed by atoms with van der Waals surface area (Å²) in [6.45, 7) is 1.30. The molecule has 0 fully saturated rings. The molecule has 0 spiro atoms. The maximum atomic E-state index is 8.61. The first kappa shape index (κ1) is 7.99. The molecule has 0 atom stereocenters. The van der Waals surface area contributed by atoms with Crippen molar-refractivity contribution < 1.29 is 5.11 Å². The summed E-state index contributed by atoms with van der Waals surface area (Å²) in [6.07, 6.45) is 0. The number of hydrogen-bond donors (Lipinski definition) is 2. The van der Waals surface area contributed by atoms with E-state index in [1.807, 2.05) is 0 Å². The lowest BCUT2D eigenvalue weighted by Crippen LogP contribution is -1.92. The third kappa shape index (κ3) is 2.15. The van der Waals surface area contributed by atoms with E-state index in [4.69, 9.17) is 27.4 Å². The zero-order valence-electron chi connectivity index (χ0n) is 4.77. The number of aliphatic hydroxyl groups excluding tert-OH is 1. The molecule has 0 saturated carbocycles. The Kier molecular flexibility index (Phi) is 2.75. The highest BCUT2D eigenvalue weighted by Gasteiger charge is 2.03. The maximum absolute atomic E-state index is 8.61. The molecule has 0 aromatic carbocycles. The molecule has 0 unspecified atom stereocenters. The molecule has 2 N–H and O–H groups in total. The molecule has 9 heavy (non-hydrogen) atoms. The number of allylic oxidation sites excluding steroid dienone is 2. The zero-order chi connectivity index (χ0) is 7.44. The van der Waals surface area contributed by atoms with Gasteiger partial charge in [-0.25, -0.2) is 0 Å². The first-order valence-electron chi connectivity index (χ1n) is 2.14. The number of halogens is 1. The van der Waals surface area contributed by atoms with Gasteiger partial charge in [-0.1, -0.05) is 11.6 Å². The van der Waals surface area contributed by atoms with Gasteiger partial charge in [0.25, 0.3) is 0 Å². The second-order valence-corrected chi connectivity index (χ2v) is 1.76. The van der Waals surface area contributed by atoms with Gasteiger partial charge < -0.3 is 5.11 Å². The second kappa shape index (κ2) is 3.10. The van der Waals surface area contributed by atoms with Crippen molar-refractivity contribution >= 4 is 16.8 Å². The maximum Gasteiger partial charge on any atom is 0.142 e. The molecule has 0 saturated heterocycles. The van der Waals surface area contributed by atoms with Crippen LogP contribution in [0.5, 0.6) is 0 Å². The van der Waals surface area contributed by atoms with Gasteiger partial charge in [-0.3, -0.25) is 5.41 Å². The lowest BCUT2D eigenvalue weighted by Gasteiger charge is -1.91.